The van der Waals surface area contributed by atoms with Gasteiger partial charge in [0.05, 0.1) is 18.9 Å². The van der Waals surface area contributed by atoms with Crippen molar-refractivity contribution in [2.75, 3.05) is 65.9 Å². The average molecular weight is 850 g/mol. The maximum absolute atomic E-state index is 13.0. The normalized spacial score (nSPS) is 15.2. The van der Waals surface area contributed by atoms with E-state index in [0.29, 0.717) is 32.5 Å². The summed E-state index contributed by atoms with van der Waals surface area (Å²) in [6, 6.07) is 0. The van der Waals surface area contributed by atoms with Crippen LogP contribution in [0.25, 0.3) is 0 Å². The first-order valence-electron chi connectivity index (χ1n) is 23.5. The molecule has 1 heterocycles. The van der Waals surface area contributed by atoms with Crippen molar-refractivity contribution in [2.24, 2.45) is 11.8 Å². The number of esters is 3. The van der Waals surface area contributed by atoms with Crippen LogP contribution in [0.5, 0.6) is 0 Å². The number of unbranched alkanes of at least 4 members (excludes halogenated alkanes) is 9. The van der Waals surface area contributed by atoms with Gasteiger partial charge in [0, 0.05) is 44.9 Å². The van der Waals surface area contributed by atoms with Crippen molar-refractivity contribution in [3.63, 3.8) is 0 Å². The molecule has 1 aliphatic heterocycles. The van der Waals surface area contributed by atoms with E-state index in [9.17, 15) is 19.2 Å². The molecule has 0 saturated carbocycles. The Kier molecular flexibility index (Phi) is 36.4. The molecule has 0 N–H and O–H groups in total. The highest BCUT2D eigenvalue weighted by atomic mass is 16.7. The first-order valence-corrected chi connectivity index (χ1v) is 23.5. The van der Waals surface area contributed by atoms with Crippen molar-refractivity contribution >= 4 is 24.1 Å². The second-order valence-electron chi connectivity index (χ2n) is 15.7. The molecule has 2 unspecified atom stereocenters. The maximum atomic E-state index is 13.0. The molecule has 1 saturated heterocycles. The Morgan fingerprint density at radius 3 is 1.77 bits per heavy atom. The molecular formula is C48H83NO11. The van der Waals surface area contributed by atoms with Gasteiger partial charge in [0.15, 0.2) is 6.29 Å². The summed E-state index contributed by atoms with van der Waals surface area (Å²) in [6.45, 7) is 12.6. The standard InChI is InChI=1S/C48H83NO11/c1-5-9-12-15-18-21-24-34-54-44(50)29-22-23-30-45(51)57-39-43(41-60-48(53)59-38-42-28-27-33-49(8-4)37-42)40-58-46(52)31-32-47(55-35-25-19-16-13-10-6-2)56-36-26-20-17-14-11-7-3/h10-11,13-14,21,24,42-43,47H,5-9,12,15-20,22-23,25-41H2,1-4H3/b13-10-,14-11-,24-21+. The van der Waals surface area contributed by atoms with Gasteiger partial charge in [0.1, 0.15) is 26.4 Å². The monoisotopic (exact) mass is 850 g/mol. The Morgan fingerprint density at radius 1 is 0.600 bits per heavy atom. The Hall–Kier alpha value is -3.22. The van der Waals surface area contributed by atoms with Crippen LogP contribution in [-0.2, 0) is 47.5 Å². The number of piperidine rings is 1. The molecule has 0 aromatic rings. The lowest BCUT2D eigenvalue weighted by molar-refractivity contribution is -0.161. The number of rotatable bonds is 38. The number of allylic oxidation sites excluding steroid dienone is 5. The van der Waals surface area contributed by atoms with Crippen LogP contribution in [-0.4, -0.2) is 101 Å². The Labute approximate surface area is 363 Å². The second kappa shape index (κ2) is 39.9. The van der Waals surface area contributed by atoms with Gasteiger partial charge in [-0.1, -0.05) is 83.4 Å². The van der Waals surface area contributed by atoms with Gasteiger partial charge < -0.3 is 38.1 Å². The van der Waals surface area contributed by atoms with Gasteiger partial charge in [-0.2, -0.15) is 0 Å². The lowest BCUT2D eigenvalue weighted by Gasteiger charge is -2.31. The largest absolute Gasteiger partial charge is 0.508 e. The van der Waals surface area contributed by atoms with E-state index in [1.165, 1.54) is 19.3 Å². The first kappa shape index (κ1) is 54.8. The highest BCUT2D eigenvalue weighted by Crippen LogP contribution is 2.17. The molecule has 0 spiro atoms. The zero-order valence-corrected chi connectivity index (χ0v) is 38.1. The summed E-state index contributed by atoms with van der Waals surface area (Å²) in [5, 5.41) is 0. The molecule has 0 aromatic heterocycles. The smallest absolute Gasteiger partial charge is 0.465 e. The summed E-state index contributed by atoms with van der Waals surface area (Å²) in [5.41, 5.74) is 0. The fourth-order valence-electron chi connectivity index (χ4n) is 6.50. The van der Waals surface area contributed by atoms with Crippen molar-refractivity contribution in [1.29, 1.82) is 0 Å². The minimum atomic E-state index is -0.805. The minimum absolute atomic E-state index is 0.0759. The quantitative estimate of drug-likeness (QED) is 0.0192. The van der Waals surface area contributed by atoms with E-state index in [4.69, 9.17) is 33.2 Å². The van der Waals surface area contributed by atoms with Gasteiger partial charge in [-0.05, 0) is 103 Å². The number of carbonyl (C=O) groups excluding carboxylic acids is 4. The maximum Gasteiger partial charge on any atom is 0.508 e. The number of hydrogen-bond donors (Lipinski definition) is 0. The van der Waals surface area contributed by atoms with Gasteiger partial charge in [-0.15, -0.1) is 0 Å². The fourth-order valence-corrected chi connectivity index (χ4v) is 6.50. The second-order valence-corrected chi connectivity index (χ2v) is 15.7. The summed E-state index contributed by atoms with van der Waals surface area (Å²) in [7, 11) is 0. The molecule has 1 fully saturated rings. The van der Waals surface area contributed by atoms with E-state index in [0.717, 1.165) is 96.7 Å². The van der Waals surface area contributed by atoms with Gasteiger partial charge in [0.2, 0.25) is 0 Å². The molecule has 0 amide bonds. The van der Waals surface area contributed by atoms with Crippen LogP contribution in [0.1, 0.15) is 163 Å². The SMILES string of the molecule is CC/C=C\CCCCOC(CCC(=O)OCC(COC(=O)CCCCC(=O)OC/C=C/CCCCCC)COC(=O)OCC1CCCN(CC)C1)OCCCC/C=C\CC. The van der Waals surface area contributed by atoms with Crippen LogP contribution in [0.3, 0.4) is 0 Å². The molecular weight excluding hydrogens is 767 g/mol. The predicted molar refractivity (Wildman–Crippen MR) is 236 cm³/mol. The Bertz CT molecular complexity index is 1150. The molecule has 2 atom stereocenters. The summed E-state index contributed by atoms with van der Waals surface area (Å²) < 4.78 is 39.3. The predicted octanol–water partition coefficient (Wildman–Crippen LogP) is 10.6. The number of hydrogen-bond acceptors (Lipinski definition) is 12. The van der Waals surface area contributed by atoms with Crippen molar-refractivity contribution in [2.45, 2.75) is 169 Å². The lowest BCUT2D eigenvalue weighted by atomic mass is 9.99. The average Bonchev–Trinajstić information content (AvgIpc) is 3.25. The van der Waals surface area contributed by atoms with E-state index >= 15 is 0 Å². The number of ether oxygens (including phenoxy) is 7. The molecule has 1 rings (SSSR count). The van der Waals surface area contributed by atoms with Crippen LogP contribution < -0.4 is 0 Å². The third-order valence-electron chi connectivity index (χ3n) is 10.2. The van der Waals surface area contributed by atoms with Crippen molar-refractivity contribution in [1.82, 2.24) is 4.90 Å². The van der Waals surface area contributed by atoms with Crippen LogP contribution in [0.15, 0.2) is 36.5 Å². The Morgan fingerprint density at radius 2 is 1.17 bits per heavy atom. The van der Waals surface area contributed by atoms with Crippen LogP contribution in [0, 0.1) is 11.8 Å². The van der Waals surface area contributed by atoms with E-state index < -0.39 is 30.3 Å². The minimum Gasteiger partial charge on any atom is -0.465 e. The van der Waals surface area contributed by atoms with Crippen LogP contribution in [0.4, 0.5) is 4.79 Å². The van der Waals surface area contributed by atoms with Gasteiger partial charge in [-0.25, -0.2) is 4.79 Å². The van der Waals surface area contributed by atoms with Gasteiger partial charge in [0.25, 0.3) is 0 Å². The molecule has 0 radical (unpaired) electrons. The molecule has 60 heavy (non-hydrogen) atoms. The first-order chi connectivity index (χ1) is 29.3. The van der Waals surface area contributed by atoms with Crippen molar-refractivity contribution in [3.05, 3.63) is 36.5 Å². The molecule has 0 aromatic carbocycles. The molecule has 1 aliphatic rings. The summed E-state index contributed by atoms with van der Waals surface area (Å²) >= 11 is 0. The summed E-state index contributed by atoms with van der Waals surface area (Å²) in [4.78, 5) is 52.6. The molecule has 0 aliphatic carbocycles. The number of likely N-dealkylation sites (tertiary alicyclic amines) is 1. The van der Waals surface area contributed by atoms with E-state index in [-0.39, 0.29) is 64.2 Å². The molecule has 12 heteroatoms. The fraction of sp³-hybridized carbons (Fsp3) is 0.792. The molecule has 0 bridgehead atoms. The van der Waals surface area contributed by atoms with E-state index in [1.54, 1.807) is 0 Å². The van der Waals surface area contributed by atoms with Crippen molar-refractivity contribution in [3.8, 4) is 0 Å². The molecule has 346 valence electrons. The zero-order valence-electron chi connectivity index (χ0n) is 38.1. The van der Waals surface area contributed by atoms with Crippen LogP contribution in [0.2, 0.25) is 0 Å². The third-order valence-corrected chi connectivity index (χ3v) is 10.2. The van der Waals surface area contributed by atoms with Crippen LogP contribution >= 0.6 is 0 Å². The van der Waals surface area contributed by atoms with Gasteiger partial charge >= 0.3 is 24.1 Å². The van der Waals surface area contributed by atoms with Crippen molar-refractivity contribution < 1.29 is 52.3 Å². The Balaban J connectivity index is 2.61. The topological polar surface area (TPSA) is 136 Å². The summed E-state index contributed by atoms with van der Waals surface area (Å²) in [5.74, 6) is -1.56. The number of carbonyl (C=O) groups is 4. The lowest BCUT2D eigenvalue weighted by Crippen LogP contribution is -2.37. The highest BCUT2D eigenvalue weighted by molar-refractivity contribution is 5.71. The molecule has 12 nitrogen and oxygen atoms in total. The van der Waals surface area contributed by atoms with E-state index in [1.807, 2.05) is 12.2 Å². The van der Waals surface area contributed by atoms with Gasteiger partial charge in [-0.3, -0.25) is 14.4 Å². The summed E-state index contributed by atoms with van der Waals surface area (Å²) in [6.07, 6.45) is 28.7. The van der Waals surface area contributed by atoms with E-state index in [2.05, 4.69) is 56.9 Å². The highest BCUT2D eigenvalue weighted by Gasteiger charge is 2.23. The zero-order chi connectivity index (χ0) is 43.7. The third kappa shape index (κ3) is 33.5. The number of nitrogens with zero attached hydrogens (tertiary/aromatic N) is 1.